The van der Waals surface area contributed by atoms with Gasteiger partial charge in [0.15, 0.2) is 0 Å². The van der Waals surface area contributed by atoms with E-state index < -0.39 is 0 Å². The number of piperidine rings is 1. The fourth-order valence-electron chi connectivity index (χ4n) is 4.76. The highest BCUT2D eigenvalue weighted by atomic mass is 79.9. The number of nitrogens with one attached hydrogen (secondary N) is 1. The third-order valence-electron chi connectivity index (χ3n) is 6.45. The molecule has 154 valence electrons. The number of amides is 2. The lowest BCUT2D eigenvalue weighted by Gasteiger charge is -2.41. The van der Waals surface area contributed by atoms with E-state index in [9.17, 15) is 9.59 Å². The summed E-state index contributed by atoms with van der Waals surface area (Å²) in [6, 6.07) is 7.78. The van der Waals surface area contributed by atoms with Crippen LogP contribution in [-0.4, -0.2) is 35.8 Å². The van der Waals surface area contributed by atoms with Crippen molar-refractivity contribution in [2.24, 2.45) is 17.3 Å². The van der Waals surface area contributed by atoms with E-state index in [-0.39, 0.29) is 23.1 Å². The van der Waals surface area contributed by atoms with E-state index in [4.69, 9.17) is 0 Å². The quantitative estimate of drug-likeness (QED) is 0.704. The van der Waals surface area contributed by atoms with Gasteiger partial charge in [0, 0.05) is 35.1 Å². The molecule has 0 spiro atoms. The number of benzene rings is 1. The van der Waals surface area contributed by atoms with Crippen molar-refractivity contribution in [2.45, 2.75) is 65.3 Å². The number of likely N-dealkylation sites (tertiary alicyclic amines) is 1. The van der Waals surface area contributed by atoms with Gasteiger partial charge in [-0.25, -0.2) is 0 Å². The van der Waals surface area contributed by atoms with Crippen LogP contribution in [0.15, 0.2) is 28.7 Å². The van der Waals surface area contributed by atoms with Crippen LogP contribution < -0.4 is 5.32 Å². The summed E-state index contributed by atoms with van der Waals surface area (Å²) in [4.78, 5) is 27.5. The van der Waals surface area contributed by atoms with E-state index in [0.717, 1.165) is 23.7 Å². The SMILES string of the molecule is CC(C)(C)C1CCCCC1NC(=O)C1CCN(C(=O)c2ccc(Br)cc2)CC1. The van der Waals surface area contributed by atoms with Crippen molar-refractivity contribution in [1.29, 1.82) is 0 Å². The van der Waals surface area contributed by atoms with Crippen molar-refractivity contribution in [1.82, 2.24) is 10.2 Å². The first-order valence-electron chi connectivity index (χ1n) is 10.6. The average Bonchev–Trinajstić information content (AvgIpc) is 2.68. The first-order valence-corrected chi connectivity index (χ1v) is 11.4. The Balaban J connectivity index is 1.53. The fourth-order valence-corrected chi connectivity index (χ4v) is 5.02. The number of halogens is 1. The van der Waals surface area contributed by atoms with Gasteiger partial charge >= 0.3 is 0 Å². The number of rotatable bonds is 3. The molecule has 1 N–H and O–H groups in total. The predicted molar refractivity (Wildman–Crippen MR) is 116 cm³/mol. The molecule has 0 aromatic heterocycles. The Bertz CT molecular complexity index is 688. The van der Waals surface area contributed by atoms with Crippen molar-refractivity contribution in [3.63, 3.8) is 0 Å². The minimum Gasteiger partial charge on any atom is -0.353 e. The second-order valence-electron chi connectivity index (χ2n) is 9.45. The summed E-state index contributed by atoms with van der Waals surface area (Å²) in [5.41, 5.74) is 0.931. The molecule has 1 saturated heterocycles. The first-order chi connectivity index (χ1) is 13.3. The van der Waals surface area contributed by atoms with Crippen molar-refractivity contribution in [3.8, 4) is 0 Å². The molecule has 1 aliphatic carbocycles. The molecule has 1 aliphatic heterocycles. The minimum atomic E-state index is 0.0245. The second-order valence-corrected chi connectivity index (χ2v) is 10.4. The van der Waals surface area contributed by atoms with Gasteiger partial charge in [0.25, 0.3) is 5.91 Å². The maximum Gasteiger partial charge on any atom is 0.253 e. The Hall–Kier alpha value is -1.36. The van der Waals surface area contributed by atoms with E-state index in [1.54, 1.807) is 0 Å². The summed E-state index contributed by atoms with van der Waals surface area (Å²) in [5, 5.41) is 3.38. The van der Waals surface area contributed by atoms with Crippen LogP contribution in [0.5, 0.6) is 0 Å². The molecule has 2 amide bonds. The topological polar surface area (TPSA) is 49.4 Å². The van der Waals surface area contributed by atoms with Gasteiger partial charge in [-0.2, -0.15) is 0 Å². The minimum absolute atomic E-state index is 0.0245. The average molecular weight is 449 g/mol. The van der Waals surface area contributed by atoms with Crippen molar-refractivity contribution < 1.29 is 9.59 Å². The van der Waals surface area contributed by atoms with Gasteiger partial charge in [0.05, 0.1) is 0 Å². The third kappa shape index (κ3) is 5.16. The van der Waals surface area contributed by atoms with Crippen LogP contribution in [0, 0.1) is 17.3 Å². The highest BCUT2D eigenvalue weighted by molar-refractivity contribution is 9.10. The lowest BCUT2D eigenvalue weighted by molar-refractivity contribution is -0.128. The molecule has 2 fully saturated rings. The highest BCUT2D eigenvalue weighted by Crippen LogP contribution is 2.38. The van der Waals surface area contributed by atoms with E-state index in [1.807, 2.05) is 29.2 Å². The molecule has 5 heteroatoms. The number of hydrogen-bond donors (Lipinski definition) is 1. The van der Waals surface area contributed by atoms with Crippen molar-refractivity contribution in [3.05, 3.63) is 34.3 Å². The van der Waals surface area contributed by atoms with Gasteiger partial charge in [0.1, 0.15) is 0 Å². The van der Waals surface area contributed by atoms with Gasteiger partial charge in [-0.05, 0) is 61.3 Å². The van der Waals surface area contributed by atoms with E-state index >= 15 is 0 Å². The zero-order valence-electron chi connectivity index (χ0n) is 17.3. The summed E-state index contributed by atoms with van der Waals surface area (Å²) in [6.45, 7) is 8.16. The van der Waals surface area contributed by atoms with Gasteiger partial charge < -0.3 is 10.2 Å². The molecular weight excluding hydrogens is 416 g/mol. The normalized spacial score (nSPS) is 24.1. The Morgan fingerprint density at radius 1 is 1.00 bits per heavy atom. The maximum atomic E-state index is 12.9. The molecule has 1 aromatic carbocycles. The molecule has 3 rings (SSSR count). The van der Waals surface area contributed by atoms with Crippen molar-refractivity contribution in [2.75, 3.05) is 13.1 Å². The predicted octanol–water partition coefficient (Wildman–Crippen LogP) is 5.02. The Kier molecular flexibility index (Phi) is 6.85. The molecule has 0 radical (unpaired) electrons. The Morgan fingerprint density at radius 2 is 1.61 bits per heavy atom. The van der Waals surface area contributed by atoms with Crippen LogP contribution in [-0.2, 0) is 4.79 Å². The zero-order valence-corrected chi connectivity index (χ0v) is 18.9. The van der Waals surface area contributed by atoms with Crippen LogP contribution >= 0.6 is 15.9 Å². The lowest BCUT2D eigenvalue weighted by atomic mass is 9.69. The largest absolute Gasteiger partial charge is 0.353 e. The summed E-state index contributed by atoms with van der Waals surface area (Å²) in [7, 11) is 0. The molecule has 4 nitrogen and oxygen atoms in total. The van der Waals surface area contributed by atoms with Crippen LogP contribution in [0.3, 0.4) is 0 Å². The molecule has 2 aliphatic rings. The smallest absolute Gasteiger partial charge is 0.253 e. The van der Waals surface area contributed by atoms with Crippen LogP contribution in [0.25, 0.3) is 0 Å². The van der Waals surface area contributed by atoms with Crippen LogP contribution in [0.2, 0.25) is 0 Å². The molecule has 1 saturated carbocycles. The molecule has 0 bridgehead atoms. The van der Waals surface area contributed by atoms with Crippen molar-refractivity contribution >= 4 is 27.7 Å². The number of nitrogens with zero attached hydrogens (tertiary/aromatic N) is 1. The number of carbonyl (C=O) groups is 2. The molecule has 2 atom stereocenters. The lowest BCUT2D eigenvalue weighted by Crippen LogP contribution is -2.50. The Morgan fingerprint density at radius 3 is 2.21 bits per heavy atom. The number of carbonyl (C=O) groups excluding carboxylic acids is 2. The second kappa shape index (κ2) is 8.98. The standard InChI is InChI=1S/C23H33BrN2O2/c1-23(2,3)19-6-4-5-7-20(19)25-21(27)16-12-14-26(15-13-16)22(28)17-8-10-18(24)11-9-17/h8-11,16,19-20H,4-7,12-15H2,1-3H3,(H,25,27). The Labute approximate surface area is 177 Å². The van der Waals surface area contributed by atoms with E-state index in [1.165, 1.54) is 19.3 Å². The maximum absolute atomic E-state index is 12.9. The fraction of sp³-hybridized carbons (Fsp3) is 0.652. The summed E-state index contributed by atoms with van der Waals surface area (Å²) >= 11 is 3.40. The monoisotopic (exact) mass is 448 g/mol. The molecule has 1 aromatic rings. The van der Waals surface area contributed by atoms with Gasteiger partial charge in [-0.1, -0.05) is 49.5 Å². The third-order valence-corrected chi connectivity index (χ3v) is 6.98. The van der Waals surface area contributed by atoms with Gasteiger partial charge in [-0.3, -0.25) is 9.59 Å². The van der Waals surface area contributed by atoms with Gasteiger partial charge in [0.2, 0.25) is 5.91 Å². The van der Waals surface area contributed by atoms with Crippen LogP contribution in [0.4, 0.5) is 0 Å². The molecule has 28 heavy (non-hydrogen) atoms. The highest BCUT2D eigenvalue weighted by Gasteiger charge is 2.36. The molecular formula is C23H33BrN2O2. The first kappa shape index (κ1) is 21.4. The number of hydrogen-bond acceptors (Lipinski definition) is 2. The molecule has 1 heterocycles. The van der Waals surface area contributed by atoms with Crippen LogP contribution in [0.1, 0.15) is 69.7 Å². The summed E-state index contributed by atoms with van der Waals surface area (Å²) in [5.74, 6) is 0.823. The van der Waals surface area contributed by atoms with E-state index in [0.29, 0.717) is 30.6 Å². The molecule has 2 unspecified atom stereocenters. The van der Waals surface area contributed by atoms with E-state index in [2.05, 4.69) is 42.0 Å². The van der Waals surface area contributed by atoms with Gasteiger partial charge in [-0.15, -0.1) is 0 Å². The summed E-state index contributed by atoms with van der Waals surface area (Å²) < 4.78 is 0.968. The zero-order chi connectivity index (χ0) is 20.3. The summed E-state index contributed by atoms with van der Waals surface area (Å²) in [6.07, 6.45) is 6.27.